The number of amides is 1. The average Bonchev–Trinajstić information content (AvgIpc) is 2.72. The number of halogens is 2. The van der Waals surface area contributed by atoms with Crippen LogP contribution in [0.5, 0.6) is 5.75 Å². The molecule has 0 fully saturated rings. The minimum Gasteiger partial charge on any atom is -0.497 e. The SMILES string of the molecule is CCC[C@@H](CNC(=O)c1nc(Cl)c(N)nc1N)NCCCc1ccc(OC)cc1.Cl. The number of benzene rings is 1. The highest BCUT2D eigenvalue weighted by Crippen LogP contribution is 2.17. The number of methoxy groups -OCH3 is 1. The van der Waals surface area contributed by atoms with Crippen LogP contribution in [0.1, 0.15) is 42.2 Å². The smallest absolute Gasteiger partial charge is 0.273 e. The van der Waals surface area contributed by atoms with Crippen LogP contribution in [0.4, 0.5) is 11.6 Å². The molecule has 0 saturated heterocycles. The minimum absolute atomic E-state index is 0. The first-order valence-electron chi connectivity index (χ1n) is 9.67. The van der Waals surface area contributed by atoms with Crippen LogP contribution in [0.2, 0.25) is 5.15 Å². The highest BCUT2D eigenvalue weighted by Gasteiger charge is 2.17. The number of aryl methyl sites for hydroxylation is 1. The third-order valence-electron chi connectivity index (χ3n) is 4.50. The van der Waals surface area contributed by atoms with Gasteiger partial charge in [-0.15, -0.1) is 12.4 Å². The molecule has 0 bridgehead atoms. The molecule has 1 aromatic carbocycles. The predicted molar refractivity (Wildman–Crippen MR) is 123 cm³/mol. The zero-order chi connectivity index (χ0) is 21.2. The second kappa shape index (κ2) is 13.1. The van der Waals surface area contributed by atoms with Gasteiger partial charge in [-0.25, -0.2) is 9.97 Å². The van der Waals surface area contributed by atoms with Gasteiger partial charge in [0.05, 0.1) is 7.11 Å². The summed E-state index contributed by atoms with van der Waals surface area (Å²) in [6.07, 6.45) is 3.90. The van der Waals surface area contributed by atoms with Crippen LogP contribution in [0.15, 0.2) is 24.3 Å². The van der Waals surface area contributed by atoms with E-state index < -0.39 is 5.91 Å². The van der Waals surface area contributed by atoms with E-state index in [0.29, 0.717) is 6.54 Å². The first kappa shape index (κ1) is 25.7. The molecule has 1 aromatic heterocycles. The fourth-order valence-corrected chi connectivity index (χ4v) is 3.05. The number of anilines is 2. The fraction of sp³-hybridized carbons (Fsp3) is 0.450. The Kier molecular flexibility index (Phi) is 11.2. The molecule has 0 saturated carbocycles. The lowest BCUT2D eigenvalue weighted by Crippen LogP contribution is -2.41. The van der Waals surface area contributed by atoms with Gasteiger partial charge >= 0.3 is 0 Å². The van der Waals surface area contributed by atoms with Crippen molar-refractivity contribution >= 4 is 41.6 Å². The van der Waals surface area contributed by atoms with Crippen LogP contribution >= 0.6 is 24.0 Å². The van der Waals surface area contributed by atoms with Crippen molar-refractivity contribution in [1.82, 2.24) is 20.6 Å². The normalized spacial score (nSPS) is 11.4. The molecule has 2 rings (SSSR count). The maximum absolute atomic E-state index is 12.4. The van der Waals surface area contributed by atoms with Gasteiger partial charge in [0.15, 0.2) is 22.5 Å². The zero-order valence-electron chi connectivity index (χ0n) is 17.3. The first-order valence-corrected chi connectivity index (χ1v) is 10.0. The van der Waals surface area contributed by atoms with Gasteiger partial charge in [-0.1, -0.05) is 37.1 Å². The third kappa shape index (κ3) is 7.85. The van der Waals surface area contributed by atoms with Crippen molar-refractivity contribution < 1.29 is 9.53 Å². The molecule has 2 aromatic rings. The van der Waals surface area contributed by atoms with E-state index in [1.165, 1.54) is 5.56 Å². The van der Waals surface area contributed by atoms with Gasteiger partial charge in [-0.05, 0) is 43.5 Å². The number of carbonyl (C=O) groups excluding carboxylic acids is 1. The Bertz CT molecular complexity index is 805. The molecular weight excluding hydrogens is 427 g/mol. The summed E-state index contributed by atoms with van der Waals surface area (Å²) < 4.78 is 5.17. The molecule has 8 nitrogen and oxygen atoms in total. The van der Waals surface area contributed by atoms with E-state index in [9.17, 15) is 4.79 Å². The Morgan fingerprint density at radius 3 is 2.53 bits per heavy atom. The molecule has 0 aliphatic rings. The second-order valence-electron chi connectivity index (χ2n) is 6.73. The lowest BCUT2D eigenvalue weighted by Gasteiger charge is -2.19. The molecule has 166 valence electrons. The number of nitrogens with zero attached hydrogens (tertiary/aromatic N) is 2. The predicted octanol–water partition coefficient (Wildman–Crippen LogP) is 2.85. The number of aromatic nitrogens is 2. The van der Waals surface area contributed by atoms with Gasteiger partial charge in [0.1, 0.15) is 5.75 Å². The molecule has 30 heavy (non-hydrogen) atoms. The fourth-order valence-electron chi connectivity index (χ4n) is 2.92. The first-order chi connectivity index (χ1) is 13.9. The van der Waals surface area contributed by atoms with E-state index in [1.54, 1.807) is 7.11 Å². The molecule has 0 spiro atoms. The molecule has 0 radical (unpaired) electrons. The zero-order valence-corrected chi connectivity index (χ0v) is 18.9. The van der Waals surface area contributed by atoms with Gasteiger partial charge in [0, 0.05) is 12.6 Å². The summed E-state index contributed by atoms with van der Waals surface area (Å²) in [4.78, 5) is 20.1. The number of rotatable bonds is 11. The van der Waals surface area contributed by atoms with Crippen molar-refractivity contribution in [2.24, 2.45) is 0 Å². The Balaban J connectivity index is 0.00000450. The highest BCUT2D eigenvalue weighted by molar-refractivity contribution is 6.31. The van der Waals surface area contributed by atoms with Gasteiger partial charge in [-0.2, -0.15) is 0 Å². The molecule has 1 heterocycles. The number of nitrogen functional groups attached to an aromatic ring is 2. The minimum atomic E-state index is -0.418. The Morgan fingerprint density at radius 2 is 1.90 bits per heavy atom. The van der Waals surface area contributed by atoms with Gasteiger partial charge in [-0.3, -0.25) is 4.79 Å². The van der Waals surface area contributed by atoms with Crippen LogP contribution in [-0.4, -0.2) is 42.1 Å². The summed E-state index contributed by atoms with van der Waals surface area (Å²) in [6.45, 7) is 3.41. The van der Waals surface area contributed by atoms with E-state index in [4.69, 9.17) is 27.8 Å². The van der Waals surface area contributed by atoms with E-state index in [0.717, 1.165) is 38.0 Å². The Morgan fingerprint density at radius 1 is 1.20 bits per heavy atom. The third-order valence-corrected chi connectivity index (χ3v) is 4.78. The Hall–Kier alpha value is -2.29. The lowest BCUT2D eigenvalue weighted by atomic mass is 10.1. The molecule has 0 unspecified atom stereocenters. The van der Waals surface area contributed by atoms with Crippen molar-refractivity contribution in [3.8, 4) is 5.75 Å². The van der Waals surface area contributed by atoms with Crippen molar-refractivity contribution in [2.75, 3.05) is 31.7 Å². The lowest BCUT2D eigenvalue weighted by molar-refractivity contribution is 0.0944. The van der Waals surface area contributed by atoms with Gasteiger partial charge in [0.2, 0.25) is 0 Å². The largest absolute Gasteiger partial charge is 0.497 e. The van der Waals surface area contributed by atoms with E-state index in [1.807, 2.05) is 12.1 Å². The maximum atomic E-state index is 12.4. The summed E-state index contributed by atoms with van der Waals surface area (Å²) in [5.41, 5.74) is 12.5. The number of nitrogens with two attached hydrogens (primary N) is 2. The summed E-state index contributed by atoms with van der Waals surface area (Å²) >= 11 is 5.84. The number of ether oxygens (including phenoxy) is 1. The van der Waals surface area contributed by atoms with Crippen LogP contribution < -0.4 is 26.8 Å². The summed E-state index contributed by atoms with van der Waals surface area (Å²) in [5.74, 6) is 0.406. The maximum Gasteiger partial charge on any atom is 0.273 e. The molecular formula is C20H30Cl2N6O2. The van der Waals surface area contributed by atoms with Gasteiger partial charge in [0.25, 0.3) is 5.91 Å². The summed E-state index contributed by atoms with van der Waals surface area (Å²) in [5, 5.41) is 6.31. The average molecular weight is 457 g/mol. The van der Waals surface area contributed by atoms with E-state index in [-0.39, 0.29) is 40.9 Å². The van der Waals surface area contributed by atoms with Crippen molar-refractivity contribution in [1.29, 1.82) is 0 Å². The number of nitrogens with one attached hydrogen (secondary N) is 2. The molecule has 0 aliphatic carbocycles. The molecule has 6 N–H and O–H groups in total. The highest BCUT2D eigenvalue weighted by atomic mass is 35.5. The quantitative estimate of drug-likeness (QED) is 0.382. The van der Waals surface area contributed by atoms with Gasteiger partial charge < -0.3 is 26.8 Å². The Labute approximate surface area is 188 Å². The topological polar surface area (TPSA) is 128 Å². The monoisotopic (exact) mass is 456 g/mol. The number of carbonyl (C=O) groups is 1. The van der Waals surface area contributed by atoms with Crippen LogP contribution in [0.25, 0.3) is 0 Å². The van der Waals surface area contributed by atoms with Crippen LogP contribution in [-0.2, 0) is 6.42 Å². The number of hydrogen-bond donors (Lipinski definition) is 4. The van der Waals surface area contributed by atoms with E-state index in [2.05, 4.69) is 39.7 Å². The van der Waals surface area contributed by atoms with Crippen molar-refractivity contribution in [3.05, 3.63) is 40.7 Å². The van der Waals surface area contributed by atoms with Crippen molar-refractivity contribution in [3.63, 3.8) is 0 Å². The van der Waals surface area contributed by atoms with Crippen LogP contribution in [0, 0.1) is 0 Å². The standard InChI is InChI=1S/C20H29ClN6O2.ClH/c1-3-5-14(24-11-4-6-13-7-9-15(29-2)10-8-13)12-25-20(28)16-18(22)27-19(23)17(21)26-16;/h7-10,14,24H,3-6,11-12H2,1-2H3,(H,25,28)(H4,22,23,27);1H/t14-;/m0./s1. The molecule has 1 amide bonds. The van der Waals surface area contributed by atoms with E-state index >= 15 is 0 Å². The molecule has 0 aliphatic heterocycles. The second-order valence-corrected chi connectivity index (χ2v) is 7.09. The van der Waals surface area contributed by atoms with Crippen LogP contribution in [0.3, 0.4) is 0 Å². The summed E-state index contributed by atoms with van der Waals surface area (Å²) in [6, 6.07) is 8.24. The van der Waals surface area contributed by atoms with Crippen molar-refractivity contribution in [2.45, 2.75) is 38.6 Å². The summed E-state index contributed by atoms with van der Waals surface area (Å²) in [7, 11) is 1.66. The molecule has 10 heteroatoms. The number of hydrogen-bond acceptors (Lipinski definition) is 7. The molecule has 1 atom stereocenters.